The highest BCUT2D eigenvalue weighted by molar-refractivity contribution is 9.10. The van der Waals surface area contributed by atoms with Gasteiger partial charge in [0.05, 0.1) is 0 Å². The van der Waals surface area contributed by atoms with E-state index in [2.05, 4.69) is 27.8 Å². The molecule has 0 aromatic heterocycles. The summed E-state index contributed by atoms with van der Waals surface area (Å²) in [5.74, 6) is 5.64. The lowest BCUT2D eigenvalue weighted by atomic mass is 10.3. The second kappa shape index (κ2) is 4.90. The van der Waals surface area contributed by atoms with Crippen LogP contribution in [0.4, 0.5) is 0 Å². The van der Waals surface area contributed by atoms with E-state index in [4.69, 9.17) is 9.84 Å². The van der Waals surface area contributed by atoms with Crippen LogP contribution in [0.15, 0.2) is 28.7 Å². The van der Waals surface area contributed by atoms with Gasteiger partial charge in [-0.15, -0.1) is 5.92 Å². The van der Waals surface area contributed by atoms with Gasteiger partial charge in [-0.25, -0.2) is 0 Å². The fraction of sp³-hybridized carbons (Fsp3) is 0.200. The Labute approximate surface area is 85.7 Å². The van der Waals surface area contributed by atoms with E-state index in [-0.39, 0.29) is 0 Å². The number of rotatable bonds is 2. The molecule has 0 radical (unpaired) electrons. The van der Waals surface area contributed by atoms with Crippen molar-refractivity contribution in [3.05, 3.63) is 28.7 Å². The molecule has 0 amide bonds. The molecule has 68 valence electrons. The van der Waals surface area contributed by atoms with Crippen molar-refractivity contribution in [1.82, 2.24) is 0 Å². The fourth-order valence-corrected chi connectivity index (χ4v) is 1.06. The van der Waals surface area contributed by atoms with Crippen molar-refractivity contribution in [2.75, 3.05) is 0 Å². The Balaban J connectivity index is 2.62. The van der Waals surface area contributed by atoms with E-state index in [1.807, 2.05) is 12.1 Å². The molecule has 13 heavy (non-hydrogen) atoms. The molecule has 0 fully saturated rings. The zero-order chi connectivity index (χ0) is 9.68. The van der Waals surface area contributed by atoms with Crippen molar-refractivity contribution in [1.29, 1.82) is 0 Å². The van der Waals surface area contributed by atoms with Crippen LogP contribution in [0.25, 0.3) is 0 Å². The van der Waals surface area contributed by atoms with Crippen LogP contribution >= 0.6 is 15.9 Å². The minimum atomic E-state index is -1.05. The van der Waals surface area contributed by atoms with E-state index >= 15 is 0 Å². The first-order valence-electron chi connectivity index (χ1n) is 3.75. The number of hydrogen-bond acceptors (Lipinski definition) is 2. The van der Waals surface area contributed by atoms with E-state index in [0.29, 0.717) is 5.75 Å². The third-order valence-electron chi connectivity index (χ3n) is 1.33. The minimum absolute atomic E-state index is 0.596. The third-order valence-corrected chi connectivity index (χ3v) is 1.86. The molecule has 0 bridgehead atoms. The number of halogens is 1. The number of aliphatic hydroxyl groups is 1. The monoisotopic (exact) mass is 240 g/mol. The zero-order valence-electron chi connectivity index (χ0n) is 7.12. The summed E-state index contributed by atoms with van der Waals surface area (Å²) < 4.78 is 6.04. The van der Waals surface area contributed by atoms with E-state index < -0.39 is 6.29 Å². The number of aliphatic hydroxyl groups excluding tert-OH is 1. The van der Waals surface area contributed by atoms with Gasteiger partial charge >= 0.3 is 0 Å². The highest BCUT2D eigenvalue weighted by Crippen LogP contribution is 2.16. The van der Waals surface area contributed by atoms with Gasteiger partial charge in [-0.1, -0.05) is 15.9 Å². The van der Waals surface area contributed by atoms with Crippen LogP contribution in [0.3, 0.4) is 0 Å². The molecular weight excluding hydrogens is 232 g/mol. The second-order valence-corrected chi connectivity index (χ2v) is 3.23. The first-order valence-corrected chi connectivity index (χ1v) is 4.54. The molecule has 0 aliphatic heterocycles. The Kier molecular flexibility index (Phi) is 3.81. The highest BCUT2D eigenvalue weighted by atomic mass is 79.9. The number of ether oxygens (including phenoxy) is 1. The molecule has 1 aromatic rings. The quantitative estimate of drug-likeness (QED) is 0.635. The Morgan fingerprint density at radius 3 is 2.54 bits per heavy atom. The largest absolute Gasteiger partial charge is 0.454 e. The summed E-state index contributed by atoms with van der Waals surface area (Å²) in [6.07, 6.45) is -1.05. The average Bonchev–Trinajstić information content (AvgIpc) is 2.09. The summed E-state index contributed by atoms with van der Waals surface area (Å²) in [4.78, 5) is 0. The summed E-state index contributed by atoms with van der Waals surface area (Å²) in [7, 11) is 0. The molecule has 0 spiro atoms. The van der Waals surface area contributed by atoms with Crippen LogP contribution in [0, 0.1) is 11.8 Å². The third kappa shape index (κ3) is 3.49. The molecule has 1 N–H and O–H groups in total. The Morgan fingerprint density at radius 2 is 2.00 bits per heavy atom. The molecule has 0 aliphatic carbocycles. The fourth-order valence-electron chi connectivity index (χ4n) is 0.795. The van der Waals surface area contributed by atoms with E-state index in [1.165, 1.54) is 0 Å². The highest BCUT2D eigenvalue weighted by Gasteiger charge is 1.99. The van der Waals surface area contributed by atoms with Crippen molar-refractivity contribution in [3.8, 4) is 17.6 Å². The molecule has 0 saturated carbocycles. The Hall–Kier alpha value is -0.980. The standard InChI is InChI=1S/C10H9BrO2/c1-2-3-10(12)13-9-6-4-8(11)5-7-9/h4-7,10,12H,1H3. The molecule has 3 heteroatoms. The molecular formula is C10H9BrO2. The SMILES string of the molecule is CC#CC(O)Oc1ccc(Br)cc1. The van der Waals surface area contributed by atoms with Gasteiger partial charge in [-0.05, 0) is 37.1 Å². The van der Waals surface area contributed by atoms with Crippen molar-refractivity contribution in [2.45, 2.75) is 13.2 Å². The predicted octanol–water partition coefficient (Wildman–Crippen LogP) is 2.17. The van der Waals surface area contributed by atoms with Crippen molar-refractivity contribution in [2.24, 2.45) is 0 Å². The summed E-state index contributed by atoms with van der Waals surface area (Å²) >= 11 is 3.30. The maximum atomic E-state index is 9.16. The Morgan fingerprint density at radius 1 is 1.38 bits per heavy atom. The lowest BCUT2D eigenvalue weighted by Gasteiger charge is -2.06. The van der Waals surface area contributed by atoms with Crippen molar-refractivity contribution >= 4 is 15.9 Å². The molecule has 1 aromatic carbocycles. The number of benzene rings is 1. The van der Waals surface area contributed by atoms with E-state index in [9.17, 15) is 0 Å². The smallest absolute Gasteiger partial charge is 0.262 e. The normalized spacial score (nSPS) is 11.3. The Bertz CT molecular complexity index is 321. The van der Waals surface area contributed by atoms with Crippen LogP contribution < -0.4 is 4.74 Å². The van der Waals surface area contributed by atoms with Gasteiger partial charge in [0.15, 0.2) is 0 Å². The summed E-state index contributed by atoms with van der Waals surface area (Å²) in [6.45, 7) is 1.65. The lowest BCUT2D eigenvalue weighted by Crippen LogP contribution is -2.12. The molecule has 2 nitrogen and oxygen atoms in total. The first kappa shape index (κ1) is 10.1. The van der Waals surface area contributed by atoms with Gasteiger partial charge in [0.1, 0.15) is 5.75 Å². The predicted molar refractivity (Wildman–Crippen MR) is 54.2 cm³/mol. The molecule has 0 aliphatic rings. The van der Waals surface area contributed by atoms with Crippen molar-refractivity contribution < 1.29 is 9.84 Å². The first-order chi connectivity index (χ1) is 6.22. The summed E-state index contributed by atoms with van der Waals surface area (Å²) in [5, 5.41) is 9.16. The van der Waals surface area contributed by atoms with Crippen LogP contribution in [0.2, 0.25) is 0 Å². The van der Waals surface area contributed by atoms with Crippen LogP contribution in [-0.2, 0) is 0 Å². The van der Waals surface area contributed by atoms with E-state index in [1.54, 1.807) is 19.1 Å². The maximum Gasteiger partial charge on any atom is 0.262 e. The summed E-state index contributed by atoms with van der Waals surface area (Å²) in [6, 6.07) is 7.18. The molecule has 1 unspecified atom stereocenters. The number of hydrogen-bond donors (Lipinski definition) is 1. The van der Waals surface area contributed by atoms with Crippen LogP contribution in [0.5, 0.6) is 5.75 Å². The molecule has 0 saturated heterocycles. The second-order valence-electron chi connectivity index (χ2n) is 2.32. The van der Waals surface area contributed by atoms with Gasteiger partial charge < -0.3 is 9.84 Å². The van der Waals surface area contributed by atoms with Gasteiger partial charge in [0, 0.05) is 4.47 Å². The van der Waals surface area contributed by atoms with Gasteiger partial charge in [-0.2, -0.15) is 0 Å². The zero-order valence-corrected chi connectivity index (χ0v) is 8.71. The van der Waals surface area contributed by atoms with E-state index in [0.717, 1.165) is 4.47 Å². The van der Waals surface area contributed by atoms with Gasteiger partial charge in [0.2, 0.25) is 0 Å². The van der Waals surface area contributed by atoms with Gasteiger partial charge in [0.25, 0.3) is 6.29 Å². The van der Waals surface area contributed by atoms with Crippen LogP contribution in [0.1, 0.15) is 6.92 Å². The average molecular weight is 241 g/mol. The topological polar surface area (TPSA) is 29.5 Å². The summed E-state index contributed by atoms with van der Waals surface area (Å²) in [5.41, 5.74) is 0. The van der Waals surface area contributed by atoms with Crippen molar-refractivity contribution in [3.63, 3.8) is 0 Å². The molecule has 1 rings (SSSR count). The van der Waals surface area contributed by atoms with Crippen LogP contribution in [-0.4, -0.2) is 11.4 Å². The van der Waals surface area contributed by atoms with Gasteiger partial charge in [-0.3, -0.25) is 0 Å². The minimum Gasteiger partial charge on any atom is -0.454 e. The molecule has 1 atom stereocenters. The lowest BCUT2D eigenvalue weighted by molar-refractivity contribution is 0.0331. The maximum absolute atomic E-state index is 9.16. The molecule has 0 heterocycles.